The van der Waals surface area contributed by atoms with Gasteiger partial charge in [0.15, 0.2) is 5.96 Å². The van der Waals surface area contributed by atoms with Gasteiger partial charge in [0.1, 0.15) is 0 Å². The smallest absolute Gasteiger partial charge is 0.191 e. The normalized spacial score (nSPS) is 17.0. The lowest BCUT2D eigenvalue weighted by Crippen LogP contribution is -2.46. The molecule has 140 valence electrons. The molecule has 1 fully saturated rings. The van der Waals surface area contributed by atoms with Crippen LogP contribution in [0.2, 0.25) is 0 Å². The molecule has 0 aromatic heterocycles. The van der Waals surface area contributed by atoms with Crippen molar-refractivity contribution >= 4 is 5.96 Å². The average molecular weight is 346 g/mol. The van der Waals surface area contributed by atoms with Gasteiger partial charge in [-0.25, -0.2) is 0 Å². The third-order valence-electron chi connectivity index (χ3n) is 4.39. The Balaban J connectivity index is 1.63. The highest BCUT2D eigenvalue weighted by atomic mass is 15.3. The lowest BCUT2D eigenvalue weighted by Gasteiger charge is -2.34. The van der Waals surface area contributed by atoms with Crippen molar-refractivity contribution in [3.63, 3.8) is 0 Å². The summed E-state index contributed by atoms with van der Waals surface area (Å²) in [4.78, 5) is 9.79. The zero-order valence-electron chi connectivity index (χ0n) is 16.2. The minimum absolute atomic E-state index is 0.412. The van der Waals surface area contributed by atoms with Crippen molar-refractivity contribution in [3.8, 4) is 0 Å². The van der Waals surface area contributed by atoms with Gasteiger partial charge < -0.3 is 15.5 Å². The number of aliphatic imine (C=N–C) groups is 1. The third-order valence-corrected chi connectivity index (χ3v) is 4.39. The summed E-state index contributed by atoms with van der Waals surface area (Å²) in [6.07, 6.45) is 1.12. The van der Waals surface area contributed by atoms with Crippen molar-refractivity contribution < 1.29 is 0 Å². The lowest BCUT2D eigenvalue weighted by atomic mass is 10.2. The molecule has 0 amide bonds. The number of piperazine rings is 1. The van der Waals surface area contributed by atoms with Gasteiger partial charge in [0.05, 0.1) is 0 Å². The fourth-order valence-corrected chi connectivity index (χ4v) is 3.09. The molecule has 1 saturated heterocycles. The van der Waals surface area contributed by atoms with Gasteiger partial charge in [-0.15, -0.1) is 0 Å². The first kappa shape index (κ1) is 19.7. The molecular formula is C20H35N5. The fraction of sp³-hybridized carbons (Fsp3) is 0.650. The zero-order chi connectivity index (χ0) is 17.9. The molecule has 1 aromatic carbocycles. The van der Waals surface area contributed by atoms with Crippen LogP contribution in [-0.4, -0.2) is 67.6 Å². The number of nitrogens with zero attached hydrogens (tertiary/aromatic N) is 3. The van der Waals surface area contributed by atoms with Gasteiger partial charge in [-0.05, 0) is 32.8 Å². The topological polar surface area (TPSA) is 42.9 Å². The average Bonchev–Trinajstić information content (AvgIpc) is 2.60. The molecule has 0 spiro atoms. The van der Waals surface area contributed by atoms with E-state index >= 15 is 0 Å². The number of nitrogens with one attached hydrogen (secondary N) is 2. The van der Waals surface area contributed by atoms with Gasteiger partial charge in [-0.3, -0.25) is 9.89 Å². The monoisotopic (exact) mass is 345 g/mol. The zero-order valence-corrected chi connectivity index (χ0v) is 16.2. The van der Waals surface area contributed by atoms with Crippen LogP contribution in [0.15, 0.2) is 35.3 Å². The molecule has 1 aliphatic rings. The van der Waals surface area contributed by atoms with E-state index in [9.17, 15) is 0 Å². The third kappa shape index (κ3) is 7.88. The first-order valence-corrected chi connectivity index (χ1v) is 9.71. The highest BCUT2D eigenvalue weighted by Crippen LogP contribution is 2.08. The van der Waals surface area contributed by atoms with E-state index in [2.05, 4.69) is 76.5 Å². The first-order valence-electron chi connectivity index (χ1n) is 9.71. The summed E-state index contributed by atoms with van der Waals surface area (Å²) >= 11 is 0. The second kappa shape index (κ2) is 11.1. The van der Waals surface area contributed by atoms with E-state index in [1.807, 2.05) is 0 Å². The Morgan fingerprint density at radius 3 is 2.40 bits per heavy atom. The van der Waals surface area contributed by atoms with Crippen LogP contribution < -0.4 is 10.6 Å². The summed E-state index contributed by atoms with van der Waals surface area (Å²) in [6.45, 7) is 15.0. The maximum Gasteiger partial charge on any atom is 0.191 e. The number of hydrogen-bond acceptors (Lipinski definition) is 3. The number of hydrogen-bond donors (Lipinski definition) is 2. The second-order valence-corrected chi connectivity index (χ2v) is 7.02. The van der Waals surface area contributed by atoms with Gasteiger partial charge in [0.2, 0.25) is 0 Å². The molecule has 0 unspecified atom stereocenters. The van der Waals surface area contributed by atoms with Gasteiger partial charge in [-0.2, -0.15) is 0 Å². The van der Waals surface area contributed by atoms with E-state index in [1.165, 1.54) is 18.7 Å². The van der Waals surface area contributed by atoms with E-state index in [1.54, 1.807) is 0 Å². The van der Waals surface area contributed by atoms with Crippen molar-refractivity contribution in [2.24, 2.45) is 4.99 Å². The molecule has 2 N–H and O–H groups in total. The molecule has 1 aliphatic heterocycles. The molecule has 0 saturated carbocycles. The van der Waals surface area contributed by atoms with E-state index in [0.717, 1.165) is 51.6 Å². The quantitative estimate of drug-likeness (QED) is 0.430. The minimum atomic E-state index is 0.412. The Morgan fingerprint density at radius 1 is 1.08 bits per heavy atom. The van der Waals surface area contributed by atoms with Gasteiger partial charge in [0, 0.05) is 58.4 Å². The van der Waals surface area contributed by atoms with E-state index in [0.29, 0.717) is 6.04 Å². The molecule has 1 aromatic rings. The van der Waals surface area contributed by atoms with E-state index in [4.69, 9.17) is 0 Å². The Morgan fingerprint density at radius 2 is 1.76 bits per heavy atom. The standard InChI is InChI=1S/C20H35N5/c1-4-21-20(23-18(2)3)22-11-8-12-24-13-15-25(16-14-24)17-19-9-6-5-7-10-19/h5-7,9-10,18H,4,8,11-17H2,1-3H3,(H2,21,22,23). The summed E-state index contributed by atoms with van der Waals surface area (Å²) in [7, 11) is 0. The van der Waals surface area contributed by atoms with Crippen molar-refractivity contribution in [1.29, 1.82) is 0 Å². The van der Waals surface area contributed by atoms with Crippen molar-refractivity contribution in [3.05, 3.63) is 35.9 Å². The number of benzene rings is 1. The summed E-state index contributed by atoms with van der Waals surface area (Å²) in [6, 6.07) is 11.2. The summed E-state index contributed by atoms with van der Waals surface area (Å²) in [5.41, 5.74) is 1.42. The van der Waals surface area contributed by atoms with Gasteiger partial charge in [0.25, 0.3) is 0 Å². The Labute approximate surface area is 153 Å². The number of rotatable bonds is 8. The van der Waals surface area contributed by atoms with Crippen LogP contribution >= 0.6 is 0 Å². The van der Waals surface area contributed by atoms with Crippen LogP contribution in [0.5, 0.6) is 0 Å². The Hall–Kier alpha value is -1.59. The Kier molecular flexibility index (Phi) is 8.77. The molecule has 0 bridgehead atoms. The van der Waals surface area contributed by atoms with E-state index < -0.39 is 0 Å². The Bertz CT molecular complexity index is 492. The predicted octanol–water partition coefficient (Wildman–Crippen LogP) is 2.16. The molecule has 1 heterocycles. The SMILES string of the molecule is CCNC(=NCCCN1CCN(Cc2ccccc2)CC1)NC(C)C. The molecule has 0 aliphatic carbocycles. The molecule has 2 rings (SSSR count). The highest BCUT2D eigenvalue weighted by Gasteiger charge is 2.16. The molecule has 0 radical (unpaired) electrons. The van der Waals surface area contributed by atoms with Crippen LogP contribution in [0.25, 0.3) is 0 Å². The highest BCUT2D eigenvalue weighted by molar-refractivity contribution is 5.79. The molecule has 5 nitrogen and oxygen atoms in total. The summed E-state index contributed by atoms with van der Waals surface area (Å²) in [5, 5.41) is 6.67. The van der Waals surface area contributed by atoms with Crippen LogP contribution in [0.4, 0.5) is 0 Å². The maximum absolute atomic E-state index is 4.67. The van der Waals surface area contributed by atoms with Crippen molar-refractivity contribution in [1.82, 2.24) is 20.4 Å². The van der Waals surface area contributed by atoms with Crippen LogP contribution in [0.3, 0.4) is 0 Å². The summed E-state index contributed by atoms with van der Waals surface area (Å²) in [5.74, 6) is 0.935. The summed E-state index contributed by atoms with van der Waals surface area (Å²) < 4.78 is 0. The van der Waals surface area contributed by atoms with Crippen LogP contribution in [-0.2, 0) is 6.54 Å². The predicted molar refractivity (Wildman–Crippen MR) is 107 cm³/mol. The van der Waals surface area contributed by atoms with Crippen molar-refractivity contribution in [2.75, 3.05) is 45.8 Å². The maximum atomic E-state index is 4.67. The van der Waals surface area contributed by atoms with Crippen molar-refractivity contribution in [2.45, 2.75) is 39.8 Å². The fourth-order valence-electron chi connectivity index (χ4n) is 3.09. The van der Waals surface area contributed by atoms with Crippen LogP contribution in [0.1, 0.15) is 32.8 Å². The molecular weight excluding hydrogens is 310 g/mol. The first-order chi connectivity index (χ1) is 12.2. The van der Waals surface area contributed by atoms with E-state index in [-0.39, 0.29) is 0 Å². The second-order valence-electron chi connectivity index (χ2n) is 7.02. The minimum Gasteiger partial charge on any atom is -0.357 e. The largest absolute Gasteiger partial charge is 0.357 e. The van der Waals surface area contributed by atoms with Gasteiger partial charge >= 0.3 is 0 Å². The van der Waals surface area contributed by atoms with Crippen LogP contribution in [0, 0.1) is 0 Å². The molecule has 25 heavy (non-hydrogen) atoms. The lowest BCUT2D eigenvalue weighted by molar-refractivity contribution is 0.127. The number of guanidine groups is 1. The molecule has 5 heteroatoms. The van der Waals surface area contributed by atoms with Gasteiger partial charge in [-0.1, -0.05) is 30.3 Å². The molecule has 0 atom stereocenters.